The van der Waals surface area contributed by atoms with E-state index in [0.29, 0.717) is 31.7 Å². The van der Waals surface area contributed by atoms with E-state index < -0.39 is 23.1 Å². The summed E-state index contributed by atoms with van der Waals surface area (Å²) in [6, 6.07) is 21.2. The molecule has 5 rings (SSSR count). The topological polar surface area (TPSA) is 122 Å². The van der Waals surface area contributed by atoms with Crippen LogP contribution in [0.5, 0.6) is 0 Å². The Hall–Kier alpha value is -4.68. The highest BCUT2D eigenvalue weighted by Gasteiger charge is 2.52. The van der Waals surface area contributed by atoms with Gasteiger partial charge < -0.3 is 15.1 Å². The smallest absolute Gasteiger partial charge is 0.332 e. The summed E-state index contributed by atoms with van der Waals surface area (Å²) < 4.78 is 24.6. The quantitative estimate of drug-likeness (QED) is 0.260. The SMILES string of the molecule is C=Cc1c(C)cccc1CN1C[C@H]2N(C(=O)CN2N(CCC)C(=O)NCc2ccccc2)[C@@H](Cc2ccc(N[SH](=O)=O)cc2)C1=O. The van der Waals surface area contributed by atoms with Crippen molar-refractivity contribution in [3.05, 3.63) is 107 Å². The van der Waals surface area contributed by atoms with Gasteiger partial charge in [0.05, 0.1) is 13.1 Å². The second-order valence-electron chi connectivity index (χ2n) is 11.5. The number of urea groups is 1. The lowest BCUT2D eigenvalue weighted by Crippen LogP contribution is -2.66. The van der Waals surface area contributed by atoms with Crippen LogP contribution in [0.25, 0.3) is 6.08 Å². The zero-order chi connectivity index (χ0) is 32.8. The largest absolute Gasteiger partial charge is 0.333 e. The molecule has 46 heavy (non-hydrogen) atoms. The lowest BCUT2D eigenvalue weighted by Gasteiger charge is -2.46. The van der Waals surface area contributed by atoms with E-state index in [1.54, 1.807) is 50.2 Å². The lowest BCUT2D eigenvalue weighted by molar-refractivity contribution is -0.157. The van der Waals surface area contributed by atoms with Crippen LogP contribution in [-0.2, 0) is 40.0 Å². The Labute approximate surface area is 271 Å². The molecule has 0 saturated carbocycles. The van der Waals surface area contributed by atoms with Gasteiger partial charge in [-0.15, -0.1) is 0 Å². The predicted octanol–water partition coefficient (Wildman–Crippen LogP) is 3.54. The number of amides is 4. The van der Waals surface area contributed by atoms with Crippen molar-refractivity contribution >= 4 is 40.5 Å². The van der Waals surface area contributed by atoms with Crippen LogP contribution >= 0.6 is 0 Å². The molecule has 0 bridgehead atoms. The van der Waals surface area contributed by atoms with Gasteiger partial charge in [-0.25, -0.2) is 13.2 Å². The number of benzene rings is 3. The van der Waals surface area contributed by atoms with Crippen LogP contribution in [0.2, 0.25) is 0 Å². The Bertz CT molecular complexity index is 1650. The molecule has 3 aromatic carbocycles. The Morgan fingerprint density at radius 3 is 2.43 bits per heavy atom. The van der Waals surface area contributed by atoms with E-state index in [-0.39, 0.29) is 37.4 Å². The first-order valence-corrected chi connectivity index (χ1v) is 16.5. The fourth-order valence-electron chi connectivity index (χ4n) is 6.23. The summed E-state index contributed by atoms with van der Waals surface area (Å²) in [5, 5.41) is 6.39. The predicted molar refractivity (Wildman–Crippen MR) is 178 cm³/mol. The Morgan fingerprint density at radius 1 is 1.02 bits per heavy atom. The molecular weight excluding hydrogens is 604 g/mol. The van der Waals surface area contributed by atoms with Crippen molar-refractivity contribution in [3.63, 3.8) is 0 Å². The van der Waals surface area contributed by atoms with Gasteiger partial charge in [0, 0.05) is 31.7 Å². The van der Waals surface area contributed by atoms with E-state index in [4.69, 9.17) is 0 Å². The van der Waals surface area contributed by atoms with Crippen LogP contribution in [0, 0.1) is 6.92 Å². The third kappa shape index (κ3) is 7.24. The normalized spacial score (nSPS) is 18.1. The van der Waals surface area contributed by atoms with Crippen LogP contribution in [-0.4, -0.2) is 77.9 Å². The number of anilines is 1. The molecule has 2 fully saturated rings. The number of piperazine rings is 1. The molecule has 2 heterocycles. The summed E-state index contributed by atoms with van der Waals surface area (Å²) in [7, 11) is -2.81. The molecule has 2 saturated heterocycles. The average molecular weight is 645 g/mol. The van der Waals surface area contributed by atoms with Gasteiger partial charge in [-0.1, -0.05) is 80.2 Å². The van der Waals surface area contributed by atoms with Crippen LogP contribution in [0.15, 0.2) is 79.4 Å². The maximum atomic E-state index is 14.2. The third-order valence-corrected chi connectivity index (χ3v) is 8.86. The first kappa shape index (κ1) is 32.7. The van der Waals surface area contributed by atoms with Gasteiger partial charge >= 0.3 is 6.03 Å². The Morgan fingerprint density at radius 2 is 1.76 bits per heavy atom. The molecule has 2 aliphatic rings. The maximum Gasteiger partial charge on any atom is 0.332 e. The zero-order valence-electron chi connectivity index (χ0n) is 26.1. The monoisotopic (exact) mass is 644 g/mol. The molecule has 3 aromatic rings. The van der Waals surface area contributed by atoms with Gasteiger partial charge in [0.2, 0.25) is 22.7 Å². The summed E-state index contributed by atoms with van der Waals surface area (Å²) in [5.41, 5.74) is 5.09. The average Bonchev–Trinajstić information content (AvgIpc) is 3.36. The number of aryl methyl sites for hydroxylation is 1. The van der Waals surface area contributed by atoms with Crippen molar-refractivity contribution in [1.82, 2.24) is 25.1 Å². The van der Waals surface area contributed by atoms with Crippen molar-refractivity contribution in [1.29, 1.82) is 0 Å². The number of nitrogens with zero attached hydrogens (tertiary/aromatic N) is 4. The number of carbonyl (C=O) groups excluding carboxylic acids is 3. The molecule has 4 amide bonds. The molecule has 2 aliphatic heterocycles. The van der Waals surface area contributed by atoms with E-state index >= 15 is 0 Å². The van der Waals surface area contributed by atoms with Gasteiger partial charge in [0.15, 0.2) is 0 Å². The molecular formula is C34H40N6O5S. The van der Waals surface area contributed by atoms with Gasteiger partial charge in [-0.2, -0.15) is 5.01 Å². The highest BCUT2D eigenvalue weighted by Crippen LogP contribution is 2.31. The minimum absolute atomic E-state index is 0.0389. The molecule has 2 N–H and O–H groups in total. The fraction of sp³-hybridized carbons (Fsp3) is 0.324. The second-order valence-corrected chi connectivity index (χ2v) is 12.2. The van der Waals surface area contributed by atoms with Crippen LogP contribution < -0.4 is 10.0 Å². The van der Waals surface area contributed by atoms with E-state index in [1.165, 1.54) is 0 Å². The zero-order valence-corrected chi connectivity index (χ0v) is 27.0. The van der Waals surface area contributed by atoms with E-state index in [1.807, 2.05) is 62.4 Å². The summed E-state index contributed by atoms with van der Waals surface area (Å²) in [6.07, 6.45) is 2.13. The number of thiol groups is 1. The van der Waals surface area contributed by atoms with Gasteiger partial charge in [-0.05, 0) is 53.3 Å². The number of hydrogen-bond donors (Lipinski definition) is 3. The number of rotatable bonds is 12. The standard InChI is InChI=1S/C34H40N6O5S/c1-4-18-38(34(43)35-20-26-11-7-6-8-12-26)39-23-32(41)40-30(19-25-14-16-28(17-15-25)36-46(44)45)33(42)37(22-31(39)40)21-27-13-9-10-24(3)29(27)5-2/h5-17,30-31,46H,2,4,18-23H2,1,3H3,(H,35,43)(H,36,44,45)/t30-,31+/m0/s1. The highest BCUT2D eigenvalue weighted by atomic mass is 32.2. The van der Waals surface area contributed by atoms with Crippen molar-refractivity contribution in [3.8, 4) is 0 Å². The molecule has 11 nitrogen and oxygen atoms in total. The fourth-order valence-corrected chi connectivity index (χ4v) is 6.59. The van der Waals surface area contributed by atoms with E-state index in [0.717, 1.165) is 27.8 Å². The van der Waals surface area contributed by atoms with Crippen LogP contribution in [0.3, 0.4) is 0 Å². The molecule has 0 aliphatic carbocycles. The van der Waals surface area contributed by atoms with E-state index in [9.17, 15) is 22.8 Å². The van der Waals surface area contributed by atoms with Crippen molar-refractivity contribution in [2.45, 2.75) is 52.0 Å². The van der Waals surface area contributed by atoms with Gasteiger partial charge in [0.25, 0.3) is 0 Å². The number of nitrogens with one attached hydrogen (secondary N) is 2. The summed E-state index contributed by atoms with van der Waals surface area (Å²) >= 11 is 0. The highest BCUT2D eigenvalue weighted by molar-refractivity contribution is 7.73. The Balaban J connectivity index is 1.46. The van der Waals surface area contributed by atoms with Crippen molar-refractivity contribution < 1.29 is 22.8 Å². The molecule has 12 heteroatoms. The lowest BCUT2D eigenvalue weighted by atomic mass is 9.98. The van der Waals surface area contributed by atoms with E-state index in [2.05, 4.69) is 16.6 Å². The first-order chi connectivity index (χ1) is 22.2. The molecule has 0 spiro atoms. The van der Waals surface area contributed by atoms with Crippen LogP contribution in [0.1, 0.15) is 41.2 Å². The number of hydrazine groups is 1. The third-order valence-electron chi connectivity index (χ3n) is 8.42. The summed E-state index contributed by atoms with van der Waals surface area (Å²) in [5.74, 6) is -0.424. The molecule has 242 valence electrons. The van der Waals surface area contributed by atoms with Gasteiger partial charge in [0.1, 0.15) is 12.2 Å². The first-order valence-electron chi connectivity index (χ1n) is 15.4. The molecule has 0 unspecified atom stereocenters. The summed E-state index contributed by atoms with van der Waals surface area (Å²) in [6.45, 7) is 9.19. The van der Waals surface area contributed by atoms with Crippen LogP contribution in [0.4, 0.5) is 10.5 Å². The minimum atomic E-state index is -2.81. The number of hydrogen-bond acceptors (Lipinski definition) is 6. The second kappa shape index (κ2) is 14.6. The molecule has 0 aromatic heterocycles. The van der Waals surface area contributed by atoms with Crippen molar-refractivity contribution in [2.75, 3.05) is 24.4 Å². The number of fused-ring (bicyclic) bond motifs is 1. The maximum absolute atomic E-state index is 14.2. The molecule has 2 atom stereocenters. The Kier molecular flexibility index (Phi) is 10.4. The minimum Gasteiger partial charge on any atom is -0.333 e. The number of carbonyl (C=O) groups is 3. The molecule has 0 radical (unpaired) electrons. The van der Waals surface area contributed by atoms with Gasteiger partial charge in [-0.3, -0.25) is 19.3 Å². The summed E-state index contributed by atoms with van der Waals surface area (Å²) in [4.78, 5) is 44.9. The van der Waals surface area contributed by atoms with Crippen molar-refractivity contribution in [2.24, 2.45) is 0 Å².